The number of benzene rings is 2. The lowest BCUT2D eigenvalue weighted by Gasteiger charge is -2.27. The average Bonchev–Trinajstić information content (AvgIpc) is 2.80. The van der Waals surface area contributed by atoms with E-state index in [0.29, 0.717) is 33.6 Å². The molecule has 0 radical (unpaired) electrons. The van der Waals surface area contributed by atoms with E-state index in [1.807, 2.05) is 6.26 Å². The van der Waals surface area contributed by atoms with Crippen LogP contribution in [0, 0.1) is 5.82 Å². The smallest absolute Gasteiger partial charge is 0.279 e. The molecular weight excluding hydrogens is 433 g/mol. The number of carbonyl (C=O) groups is 1. The summed E-state index contributed by atoms with van der Waals surface area (Å²) < 4.78 is 26.9. The quantitative estimate of drug-likeness (QED) is 0.451. The standard InChI is InChI=1S/C23H22FN3O4S/c1-27-21-20(22(29)26-23(27)32-3)15(11-19(28)25-21)13-8-9-17(18(10-13)30-2)31-12-14-6-4-5-7-16(14)24/h4-10,15H,11-12H2,1-3H3,(H,25,28). The van der Waals surface area contributed by atoms with Gasteiger partial charge in [0.05, 0.1) is 12.7 Å². The highest BCUT2D eigenvalue weighted by Gasteiger charge is 2.32. The van der Waals surface area contributed by atoms with Crippen molar-refractivity contribution < 1.29 is 18.7 Å². The van der Waals surface area contributed by atoms with Crippen LogP contribution in [0.4, 0.5) is 10.2 Å². The van der Waals surface area contributed by atoms with Crippen LogP contribution in [0.25, 0.3) is 0 Å². The summed E-state index contributed by atoms with van der Waals surface area (Å²) in [6, 6.07) is 11.6. The zero-order chi connectivity index (χ0) is 22.8. The van der Waals surface area contributed by atoms with Gasteiger partial charge in [0, 0.05) is 24.9 Å². The van der Waals surface area contributed by atoms with Crippen molar-refractivity contribution in [2.45, 2.75) is 24.1 Å². The molecule has 4 rings (SSSR count). The van der Waals surface area contributed by atoms with Gasteiger partial charge in [-0.25, -0.2) is 4.39 Å². The molecule has 0 spiro atoms. The molecule has 0 fully saturated rings. The number of hydrogen-bond acceptors (Lipinski definition) is 6. The minimum atomic E-state index is -0.477. The highest BCUT2D eigenvalue weighted by atomic mass is 32.2. The number of anilines is 1. The average molecular weight is 456 g/mol. The Morgan fingerprint density at radius 1 is 1.22 bits per heavy atom. The molecule has 7 nitrogen and oxygen atoms in total. The van der Waals surface area contributed by atoms with E-state index in [0.717, 1.165) is 5.56 Å². The summed E-state index contributed by atoms with van der Waals surface area (Å²) in [6.45, 7) is 0.0406. The summed E-state index contributed by atoms with van der Waals surface area (Å²) in [5, 5.41) is 3.32. The maximum absolute atomic E-state index is 13.9. The lowest BCUT2D eigenvalue weighted by Crippen LogP contribution is -2.33. The van der Waals surface area contributed by atoms with E-state index >= 15 is 0 Å². The summed E-state index contributed by atoms with van der Waals surface area (Å²) in [5.74, 6) is 0.306. The Labute approximate surface area is 188 Å². The Hall–Kier alpha value is -3.33. The van der Waals surface area contributed by atoms with Crippen molar-refractivity contribution in [3.05, 3.63) is 75.3 Å². The molecule has 3 aromatic rings. The van der Waals surface area contributed by atoms with E-state index in [4.69, 9.17) is 9.47 Å². The van der Waals surface area contributed by atoms with E-state index in [1.165, 1.54) is 24.9 Å². The Morgan fingerprint density at radius 2 is 2.00 bits per heavy atom. The number of thioether (sulfide) groups is 1. The van der Waals surface area contributed by atoms with Crippen LogP contribution in [0.3, 0.4) is 0 Å². The van der Waals surface area contributed by atoms with Crippen LogP contribution in [0.1, 0.15) is 29.0 Å². The van der Waals surface area contributed by atoms with Gasteiger partial charge in [0.1, 0.15) is 18.2 Å². The predicted octanol–water partition coefficient (Wildman–Crippen LogP) is 3.70. The molecule has 1 aliphatic heterocycles. The maximum Gasteiger partial charge on any atom is 0.279 e. The number of rotatable bonds is 6. The molecule has 166 valence electrons. The number of nitrogens with one attached hydrogen (secondary N) is 1. The second kappa shape index (κ2) is 9.04. The SMILES string of the molecule is COc1cc(C2CC(=O)Nc3c2c(=O)nc(SC)n3C)ccc1OCc1ccccc1F. The van der Waals surface area contributed by atoms with E-state index in [-0.39, 0.29) is 30.3 Å². The zero-order valence-corrected chi connectivity index (χ0v) is 18.7. The zero-order valence-electron chi connectivity index (χ0n) is 17.8. The monoisotopic (exact) mass is 455 g/mol. The number of nitrogens with zero attached hydrogens (tertiary/aromatic N) is 2. The number of ether oxygens (including phenoxy) is 2. The van der Waals surface area contributed by atoms with E-state index in [9.17, 15) is 14.0 Å². The van der Waals surface area contributed by atoms with Crippen LogP contribution < -0.4 is 20.3 Å². The summed E-state index contributed by atoms with van der Waals surface area (Å²) in [5.41, 5.74) is 1.22. The summed E-state index contributed by atoms with van der Waals surface area (Å²) in [6.07, 6.45) is 1.93. The normalized spacial score (nSPS) is 15.1. The molecular formula is C23H22FN3O4S. The van der Waals surface area contributed by atoms with Crippen molar-refractivity contribution >= 4 is 23.5 Å². The molecule has 0 saturated carbocycles. The summed E-state index contributed by atoms with van der Waals surface area (Å²) >= 11 is 1.33. The van der Waals surface area contributed by atoms with Crippen molar-refractivity contribution in [3.8, 4) is 11.5 Å². The Balaban J connectivity index is 1.69. The predicted molar refractivity (Wildman–Crippen MR) is 120 cm³/mol. The summed E-state index contributed by atoms with van der Waals surface area (Å²) in [4.78, 5) is 29.4. The Morgan fingerprint density at radius 3 is 2.72 bits per heavy atom. The molecule has 0 aliphatic carbocycles. The second-order valence-corrected chi connectivity index (χ2v) is 8.09. The maximum atomic E-state index is 13.9. The molecule has 32 heavy (non-hydrogen) atoms. The lowest BCUT2D eigenvalue weighted by molar-refractivity contribution is -0.116. The Kier molecular flexibility index (Phi) is 6.18. The van der Waals surface area contributed by atoms with Gasteiger partial charge in [0.2, 0.25) is 5.91 Å². The van der Waals surface area contributed by atoms with Gasteiger partial charge in [-0.2, -0.15) is 4.98 Å². The highest BCUT2D eigenvalue weighted by Crippen LogP contribution is 2.39. The van der Waals surface area contributed by atoms with Gasteiger partial charge in [-0.3, -0.25) is 9.59 Å². The van der Waals surface area contributed by atoms with E-state index in [1.54, 1.807) is 48.0 Å². The Bertz CT molecular complexity index is 1240. The van der Waals surface area contributed by atoms with Gasteiger partial charge in [-0.1, -0.05) is 36.0 Å². The molecule has 1 atom stereocenters. The fourth-order valence-corrected chi connectivity index (χ4v) is 4.33. The fourth-order valence-electron chi connectivity index (χ4n) is 3.79. The van der Waals surface area contributed by atoms with Gasteiger partial charge < -0.3 is 19.4 Å². The molecule has 1 aliphatic rings. The van der Waals surface area contributed by atoms with E-state index < -0.39 is 5.92 Å². The van der Waals surface area contributed by atoms with Crippen molar-refractivity contribution in [1.82, 2.24) is 9.55 Å². The van der Waals surface area contributed by atoms with Crippen LogP contribution in [0.15, 0.2) is 52.4 Å². The summed E-state index contributed by atoms with van der Waals surface area (Å²) in [7, 11) is 3.27. The fraction of sp³-hybridized carbons (Fsp3) is 0.261. The minimum Gasteiger partial charge on any atom is -0.493 e. The number of aromatic nitrogens is 2. The number of halogens is 1. The molecule has 1 N–H and O–H groups in total. The third-order valence-electron chi connectivity index (χ3n) is 5.41. The molecule has 2 aromatic carbocycles. The number of carbonyl (C=O) groups excluding carboxylic acids is 1. The van der Waals surface area contributed by atoms with Gasteiger partial charge in [-0.15, -0.1) is 0 Å². The molecule has 9 heteroatoms. The van der Waals surface area contributed by atoms with Crippen LogP contribution >= 0.6 is 11.8 Å². The first kappa shape index (κ1) is 21.9. The van der Waals surface area contributed by atoms with Crippen molar-refractivity contribution in [3.63, 3.8) is 0 Å². The lowest BCUT2D eigenvalue weighted by atomic mass is 9.86. The van der Waals surface area contributed by atoms with Crippen LogP contribution in [0.2, 0.25) is 0 Å². The number of methoxy groups -OCH3 is 1. The minimum absolute atomic E-state index is 0.0406. The van der Waals surface area contributed by atoms with Gasteiger partial charge in [0.25, 0.3) is 5.56 Å². The van der Waals surface area contributed by atoms with Crippen molar-refractivity contribution in [2.75, 3.05) is 18.7 Å². The number of amides is 1. The number of hydrogen-bond donors (Lipinski definition) is 1. The van der Waals surface area contributed by atoms with Crippen LogP contribution in [-0.2, 0) is 18.4 Å². The van der Waals surface area contributed by atoms with Crippen molar-refractivity contribution in [1.29, 1.82) is 0 Å². The van der Waals surface area contributed by atoms with E-state index in [2.05, 4.69) is 10.3 Å². The second-order valence-electron chi connectivity index (χ2n) is 7.32. The first-order chi connectivity index (χ1) is 15.4. The van der Waals surface area contributed by atoms with Crippen LogP contribution in [-0.4, -0.2) is 28.8 Å². The first-order valence-corrected chi connectivity index (χ1v) is 11.1. The third-order valence-corrected chi connectivity index (χ3v) is 6.14. The largest absolute Gasteiger partial charge is 0.493 e. The molecule has 0 saturated heterocycles. The number of fused-ring (bicyclic) bond motifs is 1. The molecule has 2 heterocycles. The third kappa shape index (κ3) is 4.08. The molecule has 1 aromatic heterocycles. The van der Waals surface area contributed by atoms with Gasteiger partial charge in [0.15, 0.2) is 16.7 Å². The molecule has 1 amide bonds. The molecule has 1 unspecified atom stereocenters. The topological polar surface area (TPSA) is 82.5 Å². The van der Waals surface area contributed by atoms with Gasteiger partial charge >= 0.3 is 0 Å². The van der Waals surface area contributed by atoms with Crippen LogP contribution in [0.5, 0.6) is 11.5 Å². The molecule has 0 bridgehead atoms. The first-order valence-electron chi connectivity index (χ1n) is 9.91. The highest BCUT2D eigenvalue weighted by molar-refractivity contribution is 7.98. The van der Waals surface area contributed by atoms with Gasteiger partial charge in [-0.05, 0) is 30.0 Å². The van der Waals surface area contributed by atoms with Crippen molar-refractivity contribution in [2.24, 2.45) is 7.05 Å².